The van der Waals surface area contributed by atoms with Crippen LogP contribution in [0.5, 0.6) is 5.75 Å². The summed E-state index contributed by atoms with van der Waals surface area (Å²) in [6.07, 6.45) is 0. The molecule has 0 saturated heterocycles. The topological polar surface area (TPSA) is 93.5 Å². The van der Waals surface area contributed by atoms with Gasteiger partial charge < -0.3 is 9.15 Å². The molecule has 0 spiro atoms. The monoisotopic (exact) mass is 399 g/mol. The number of amides is 2. The van der Waals surface area contributed by atoms with Crippen molar-refractivity contribution in [1.82, 2.24) is 15.8 Å². The molecule has 0 saturated carbocycles. The van der Waals surface area contributed by atoms with Crippen LogP contribution in [0.2, 0.25) is 0 Å². The average molecular weight is 399 g/mol. The molecule has 0 aliphatic heterocycles. The zero-order chi connectivity index (χ0) is 19.9. The highest BCUT2D eigenvalue weighted by molar-refractivity contribution is 7.99. The molecule has 0 radical (unpaired) electrons. The maximum atomic E-state index is 11.9. The largest absolute Gasteiger partial charge is 0.483 e. The van der Waals surface area contributed by atoms with E-state index >= 15 is 0 Å². The maximum Gasteiger partial charge on any atom is 0.276 e. The minimum Gasteiger partial charge on any atom is -0.483 e. The van der Waals surface area contributed by atoms with Crippen molar-refractivity contribution in [3.63, 3.8) is 0 Å². The number of aromatic nitrogens is 1. The first-order valence-corrected chi connectivity index (χ1v) is 9.79. The predicted octanol–water partition coefficient (Wildman–Crippen LogP) is 3.27. The molecular formula is C20H21N3O4S. The summed E-state index contributed by atoms with van der Waals surface area (Å²) in [7, 11) is 0. The van der Waals surface area contributed by atoms with Gasteiger partial charge >= 0.3 is 0 Å². The molecule has 3 aromatic rings. The fourth-order valence-electron chi connectivity index (χ4n) is 2.48. The van der Waals surface area contributed by atoms with E-state index in [0.29, 0.717) is 16.6 Å². The SMILES string of the molecule is CC(C)c1ccccc1OCC(=O)NNC(=O)CSc1nc2ccccc2o1. The summed E-state index contributed by atoms with van der Waals surface area (Å²) in [6.45, 7) is 3.91. The van der Waals surface area contributed by atoms with Crippen molar-refractivity contribution < 1.29 is 18.7 Å². The van der Waals surface area contributed by atoms with Gasteiger partial charge in [-0.2, -0.15) is 0 Å². The highest BCUT2D eigenvalue weighted by atomic mass is 32.2. The van der Waals surface area contributed by atoms with E-state index in [1.165, 1.54) is 0 Å². The van der Waals surface area contributed by atoms with Crippen LogP contribution >= 0.6 is 11.8 Å². The molecule has 0 bridgehead atoms. The van der Waals surface area contributed by atoms with Crippen LogP contribution in [0, 0.1) is 0 Å². The molecule has 1 heterocycles. The second kappa shape index (κ2) is 9.27. The van der Waals surface area contributed by atoms with Gasteiger partial charge in [0.1, 0.15) is 11.3 Å². The Bertz CT molecular complexity index is 938. The smallest absolute Gasteiger partial charge is 0.276 e. The molecule has 2 N–H and O–H groups in total. The number of nitrogens with one attached hydrogen (secondary N) is 2. The quantitative estimate of drug-likeness (QED) is 0.468. The van der Waals surface area contributed by atoms with E-state index in [1.807, 2.05) is 48.5 Å². The van der Waals surface area contributed by atoms with Gasteiger partial charge in [0.15, 0.2) is 12.2 Å². The molecule has 2 aromatic carbocycles. The number of carbonyl (C=O) groups is 2. The number of rotatable bonds is 7. The first-order valence-electron chi connectivity index (χ1n) is 8.80. The molecule has 7 nitrogen and oxygen atoms in total. The molecule has 2 amide bonds. The third-order valence-corrected chi connectivity index (χ3v) is 4.67. The van der Waals surface area contributed by atoms with Gasteiger partial charge in [0.2, 0.25) is 5.91 Å². The molecule has 0 fully saturated rings. The molecule has 8 heteroatoms. The molecule has 0 aliphatic carbocycles. The van der Waals surface area contributed by atoms with Crippen LogP contribution in [0.4, 0.5) is 0 Å². The number of hydrazine groups is 1. The van der Waals surface area contributed by atoms with Gasteiger partial charge in [-0.25, -0.2) is 4.98 Å². The van der Waals surface area contributed by atoms with E-state index in [4.69, 9.17) is 9.15 Å². The molecule has 28 heavy (non-hydrogen) atoms. The van der Waals surface area contributed by atoms with Gasteiger partial charge in [0.25, 0.3) is 11.1 Å². The number of ether oxygens (including phenoxy) is 1. The number of carbonyl (C=O) groups excluding carboxylic acids is 2. The lowest BCUT2D eigenvalue weighted by molar-refractivity contribution is -0.128. The van der Waals surface area contributed by atoms with Crippen LogP contribution in [0.1, 0.15) is 25.3 Å². The molecular weight excluding hydrogens is 378 g/mol. The first kappa shape index (κ1) is 19.8. The van der Waals surface area contributed by atoms with E-state index < -0.39 is 5.91 Å². The molecule has 0 unspecified atom stereocenters. The van der Waals surface area contributed by atoms with Gasteiger partial charge in [-0.15, -0.1) is 0 Å². The van der Waals surface area contributed by atoms with E-state index in [-0.39, 0.29) is 24.2 Å². The fourth-order valence-corrected chi connectivity index (χ4v) is 3.12. The highest BCUT2D eigenvalue weighted by Gasteiger charge is 2.12. The zero-order valence-electron chi connectivity index (χ0n) is 15.6. The van der Waals surface area contributed by atoms with E-state index in [2.05, 4.69) is 29.7 Å². The summed E-state index contributed by atoms with van der Waals surface area (Å²) in [5, 5.41) is 0.399. The summed E-state index contributed by atoms with van der Waals surface area (Å²) in [4.78, 5) is 28.1. The lowest BCUT2D eigenvalue weighted by Crippen LogP contribution is -2.44. The third-order valence-electron chi connectivity index (χ3n) is 3.84. The van der Waals surface area contributed by atoms with Crippen molar-refractivity contribution in [3.05, 3.63) is 54.1 Å². The normalized spacial score (nSPS) is 10.8. The van der Waals surface area contributed by atoms with Gasteiger partial charge in [-0.1, -0.05) is 55.9 Å². The van der Waals surface area contributed by atoms with Crippen LogP contribution in [-0.2, 0) is 9.59 Å². The minimum absolute atomic E-state index is 0.0597. The molecule has 0 aliphatic rings. The van der Waals surface area contributed by atoms with Crippen molar-refractivity contribution in [1.29, 1.82) is 0 Å². The van der Waals surface area contributed by atoms with E-state index in [0.717, 1.165) is 22.8 Å². The number of fused-ring (bicyclic) bond motifs is 1. The number of benzene rings is 2. The number of para-hydroxylation sites is 3. The van der Waals surface area contributed by atoms with E-state index in [9.17, 15) is 9.59 Å². The number of thioether (sulfide) groups is 1. The van der Waals surface area contributed by atoms with Gasteiger partial charge in [0, 0.05) is 0 Å². The fraction of sp³-hybridized carbons (Fsp3) is 0.250. The molecule has 146 valence electrons. The average Bonchev–Trinajstić information content (AvgIpc) is 3.12. The summed E-state index contributed by atoms with van der Waals surface area (Å²) in [5.74, 6) is 0.180. The van der Waals surface area contributed by atoms with E-state index in [1.54, 1.807) is 0 Å². The Morgan fingerprint density at radius 1 is 1.07 bits per heavy atom. The maximum absolute atomic E-state index is 11.9. The summed E-state index contributed by atoms with van der Waals surface area (Å²) in [6, 6.07) is 14.9. The Balaban J connectivity index is 1.41. The Kier molecular flexibility index (Phi) is 6.54. The van der Waals surface area contributed by atoms with Crippen LogP contribution in [-0.4, -0.2) is 29.2 Å². The number of nitrogens with zero attached hydrogens (tertiary/aromatic N) is 1. The first-order chi connectivity index (χ1) is 13.5. The third kappa shape index (κ3) is 5.26. The van der Waals surface area contributed by atoms with Crippen molar-refractivity contribution in [2.75, 3.05) is 12.4 Å². The summed E-state index contributed by atoms with van der Waals surface area (Å²) >= 11 is 1.15. The Morgan fingerprint density at radius 2 is 1.79 bits per heavy atom. The van der Waals surface area contributed by atoms with Crippen LogP contribution in [0.25, 0.3) is 11.1 Å². The summed E-state index contributed by atoms with van der Waals surface area (Å²) in [5.41, 5.74) is 7.11. The number of hydrogen-bond acceptors (Lipinski definition) is 6. The van der Waals surface area contributed by atoms with Crippen LogP contribution < -0.4 is 15.6 Å². The summed E-state index contributed by atoms with van der Waals surface area (Å²) < 4.78 is 11.1. The lowest BCUT2D eigenvalue weighted by atomic mass is 10.0. The van der Waals surface area contributed by atoms with Gasteiger partial charge in [-0.05, 0) is 29.7 Å². The minimum atomic E-state index is -0.446. The number of oxazole rings is 1. The van der Waals surface area contributed by atoms with Crippen LogP contribution in [0.15, 0.2) is 58.2 Å². The second-order valence-electron chi connectivity index (χ2n) is 6.31. The Morgan fingerprint density at radius 3 is 2.57 bits per heavy atom. The van der Waals surface area contributed by atoms with Crippen LogP contribution in [0.3, 0.4) is 0 Å². The lowest BCUT2D eigenvalue weighted by Gasteiger charge is -2.13. The second-order valence-corrected chi connectivity index (χ2v) is 7.24. The van der Waals surface area contributed by atoms with Crippen molar-refractivity contribution >= 4 is 34.7 Å². The Hall–Kier alpha value is -3.00. The molecule has 0 atom stereocenters. The van der Waals surface area contributed by atoms with Gasteiger partial charge in [-0.3, -0.25) is 20.4 Å². The predicted molar refractivity (Wildman–Crippen MR) is 107 cm³/mol. The standard InChI is InChI=1S/C20H21N3O4S/c1-13(2)14-7-3-5-9-16(14)26-11-18(24)22-23-19(25)12-28-20-21-15-8-4-6-10-17(15)27-20/h3-10,13H,11-12H2,1-2H3,(H,22,24)(H,23,25). The molecule has 1 aromatic heterocycles. The Labute approximate surface area is 166 Å². The van der Waals surface area contributed by atoms with Crippen molar-refractivity contribution in [3.8, 4) is 5.75 Å². The number of hydrogen-bond donors (Lipinski definition) is 2. The van der Waals surface area contributed by atoms with Crippen molar-refractivity contribution in [2.24, 2.45) is 0 Å². The molecule has 3 rings (SSSR count). The van der Waals surface area contributed by atoms with Gasteiger partial charge in [0.05, 0.1) is 5.75 Å². The highest BCUT2D eigenvalue weighted by Crippen LogP contribution is 2.25. The van der Waals surface area contributed by atoms with Crippen molar-refractivity contribution in [2.45, 2.75) is 25.0 Å². The zero-order valence-corrected chi connectivity index (χ0v) is 16.4.